The summed E-state index contributed by atoms with van der Waals surface area (Å²) in [5.74, 6) is 0.0546. The number of hydrogen-bond acceptors (Lipinski definition) is 4. The highest BCUT2D eigenvalue weighted by atomic mass is 16.5. The van der Waals surface area contributed by atoms with Gasteiger partial charge in [0.15, 0.2) is 0 Å². The van der Waals surface area contributed by atoms with Gasteiger partial charge in [0.1, 0.15) is 11.1 Å². The lowest BCUT2D eigenvalue weighted by Crippen LogP contribution is -2.38. The van der Waals surface area contributed by atoms with E-state index in [-0.39, 0.29) is 28.5 Å². The zero-order chi connectivity index (χ0) is 16.2. The number of nitrogens with zero attached hydrogens (tertiary/aromatic N) is 1. The maximum absolute atomic E-state index is 12.6. The van der Waals surface area contributed by atoms with Crippen LogP contribution in [0.5, 0.6) is 5.88 Å². The Morgan fingerprint density at radius 2 is 2.13 bits per heavy atom. The molecular weight excluding hydrogens is 294 g/mol. The molecule has 0 aliphatic heterocycles. The van der Waals surface area contributed by atoms with E-state index >= 15 is 0 Å². The monoisotopic (exact) mass is 315 g/mol. The molecule has 6 nitrogen and oxygen atoms in total. The molecule has 6 heteroatoms. The molecule has 1 aliphatic rings. The Bertz CT molecular complexity index is 763. The third-order valence-electron chi connectivity index (χ3n) is 4.18. The van der Waals surface area contributed by atoms with Crippen LogP contribution in [0.25, 0.3) is 11.0 Å². The molecule has 0 spiro atoms. The van der Waals surface area contributed by atoms with E-state index in [1.165, 1.54) is 12.6 Å². The van der Waals surface area contributed by atoms with Crippen molar-refractivity contribution < 1.29 is 9.53 Å². The van der Waals surface area contributed by atoms with E-state index in [4.69, 9.17) is 4.74 Å². The van der Waals surface area contributed by atoms with E-state index in [1.807, 2.05) is 6.92 Å². The smallest absolute Gasteiger partial charge is 0.257 e. The molecule has 0 saturated heterocycles. The van der Waals surface area contributed by atoms with Crippen molar-refractivity contribution in [3.63, 3.8) is 0 Å². The number of ether oxygens (including phenoxy) is 1. The van der Waals surface area contributed by atoms with Crippen LogP contribution in [0, 0.1) is 0 Å². The molecule has 1 fully saturated rings. The molecule has 0 aromatic carbocycles. The topological polar surface area (TPSA) is 84.1 Å². The fourth-order valence-corrected chi connectivity index (χ4v) is 2.98. The Morgan fingerprint density at radius 3 is 2.87 bits per heavy atom. The summed E-state index contributed by atoms with van der Waals surface area (Å²) in [4.78, 5) is 32.1. The summed E-state index contributed by atoms with van der Waals surface area (Å²) < 4.78 is 5.33. The van der Waals surface area contributed by atoms with Crippen molar-refractivity contribution in [2.24, 2.45) is 0 Å². The van der Waals surface area contributed by atoms with Gasteiger partial charge in [0, 0.05) is 18.3 Å². The van der Waals surface area contributed by atoms with E-state index in [0.717, 1.165) is 25.7 Å². The largest absolute Gasteiger partial charge is 0.478 e. The molecular formula is C17H21N3O3. The predicted octanol–water partition coefficient (Wildman–Crippen LogP) is 2.38. The number of aromatic amines is 1. The van der Waals surface area contributed by atoms with Crippen molar-refractivity contribution in [3.05, 3.63) is 34.1 Å². The maximum atomic E-state index is 12.6. The van der Waals surface area contributed by atoms with Crippen LogP contribution in [0.4, 0.5) is 0 Å². The first-order valence-electron chi connectivity index (χ1n) is 8.15. The van der Waals surface area contributed by atoms with Gasteiger partial charge in [-0.2, -0.15) is 0 Å². The van der Waals surface area contributed by atoms with Gasteiger partial charge >= 0.3 is 0 Å². The minimum atomic E-state index is -0.367. The molecule has 2 aromatic rings. The Hall–Kier alpha value is -2.37. The number of carbonyl (C=O) groups excluding carboxylic acids is 1. The molecule has 2 heterocycles. The van der Waals surface area contributed by atoms with E-state index in [9.17, 15) is 9.59 Å². The van der Waals surface area contributed by atoms with Crippen molar-refractivity contribution >= 4 is 16.9 Å². The summed E-state index contributed by atoms with van der Waals surface area (Å²) in [7, 11) is 0. The van der Waals surface area contributed by atoms with Crippen LogP contribution in [0.15, 0.2) is 23.1 Å². The fraction of sp³-hybridized carbons (Fsp3) is 0.471. The van der Waals surface area contributed by atoms with Crippen LogP contribution in [-0.4, -0.2) is 28.5 Å². The van der Waals surface area contributed by atoms with Crippen molar-refractivity contribution in [2.75, 3.05) is 6.61 Å². The summed E-state index contributed by atoms with van der Waals surface area (Å²) in [5, 5.41) is 2.96. The highest BCUT2D eigenvalue weighted by Gasteiger charge is 2.19. The number of pyridine rings is 2. The summed E-state index contributed by atoms with van der Waals surface area (Å²) in [6.07, 6.45) is 6.88. The average molecular weight is 315 g/mol. The molecule has 0 bridgehead atoms. The summed E-state index contributed by atoms with van der Waals surface area (Å²) in [5.41, 5.74) is 0.553. The lowest BCUT2D eigenvalue weighted by Gasteiger charge is -2.22. The van der Waals surface area contributed by atoms with Crippen LogP contribution in [0.2, 0.25) is 0 Å². The zero-order valence-electron chi connectivity index (χ0n) is 13.2. The third kappa shape index (κ3) is 3.36. The van der Waals surface area contributed by atoms with E-state index < -0.39 is 0 Å². The second-order valence-corrected chi connectivity index (χ2v) is 5.82. The lowest BCUT2D eigenvalue weighted by atomic mass is 9.95. The Balaban J connectivity index is 1.89. The van der Waals surface area contributed by atoms with Crippen molar-refractivity contribution in [3.8, 4) is 5.88 Å². The molecule has 122 valence electrons. The Labute approximate surface area is 134 Å². The number of nitrogens with one attached hydrogen (secondary N) is 2. The van der Waals surface area contributed by atoms with Gasteiger partial charge in [-0.15, -0.1) is 0 Å². The molecule has 2 aromatic heterocycles. The highest BCUT2D eigenvalue weighted by Crippen LogP contribution is 2.18. The first kappa shape index (κ1) is 15.5. The second-order valence-electron chi connectivity index (χ2n) is 5.82. The lowest BCUT2D eigenvalue weighted by molar-refractivity contribution is 0.0926. The van der Waals surface area contributed by atoms with Crippen LogP contribution < -0.4 is 15.5 Å². The van der Waals surface area contributed by atoms with Gasteiger partial charge in [-0.25, -0.2) is 4.98 Å². The number of amides is 1. The van der Waals surface area contributed by atoms with Crippen molar-refractivity contribution in [1.29, 1.82) is 0 Å². The summed E-state index contributed by atoms with van der Waals surface area (Å²) in [6, 6.07) is 3.59. The number of fused-ring (bicyclic) bond motifs is 1. The van der Waals surface area contributed by atoms with E-state index in [0.29, 0.717) is 18.0 Å². The second kappa shape index (κ2) is 6.81. The fourth-order valence-electron chi connectivity index (χ4n) is 2.98. The molecule has 1 saturated carbocycles. The SMILES string of the molecule is CCOc1ccc2[nH]cc(C(=O)NC3CCCCC3)c(=O)c2n1. The van der Waals surface area contributed by atoms with Gasteiger partial charge in [0.2, 0.25) is 11.3 Å². The average Bonchev–Trinajstić information content (AvgIpc) is 2.57. The maximum Gasteiger partial charge on any atom is 0.257 e. The van der Waals surface area contributed by atoms with Crippen LogP contribution in [0.1, 0.15) is 49.4 Å². The van der Waals surface area contributed by atoms with Gasteiger partial charge < -0.3 is 15.0 Å². The van der Waals surface area contributed by atoms with Crippen molar-refractivity contribution in [2.45, 2.75) is 45.1 Å². The normalized spacial score (nSPS) is 15.5. The molecule has 2 N–H and O–H groups in total. The number of H-pyrrole nitrogens is 1. The third-order valence-corrected chi connectivity index (χ3v) is 4.18. The molecule has 0 radical (unpaired) electrons. The zero-order valence-corrected chi connectivity index (χ0v) is 13.2. The molecule has 1 amide bonds. The first-order chi connectivity index (χ1) is 11.2. The number of hydrogen-bond donors (Lipinski definition) is 2. The summed E-state index contributed by atoms with van der Waals surface area (Å²) >= 11 is 0. The molecule has 0 unspecified atom stereocenters. The standard InChI is InChI=1S/C17H21N3O3/c1-2-23-14-9-8-13-15(20-14)16(21)12(10-18-13)17(22)19-11-6-4-3-5-7-11/h8-11H,2-7H2,1H3,(H,18,21)(H,19,22). The van der Waals surface area contributed by atoms with Crippen molar-refractivity contribution in [1.82, 2.24) is 15.3 Å². The minimum Gasteiger partial charge on any atom is -0.478 e. The number of carbonyl (C=O) groups is 1. The molecule has 3 rings (SSSR count). The molecule has 23 heavy (non-hydrogen) atoms. The van der Waals surface area contributed by atoms with Gasteiger partial charge in [0.05, 0.1) is 12.1 Å². The van der Waals surface area contributed by atoms with E-state index in [1.54, 1.807) is 12.1 Å². The van der Waals surface area contributed by atoms with Crippen LogP contribution in [-0.2, 0) is 0 Å². The van der Waals surface area contributed by atoms with Gasteiger partial charge in [-0.3, -0.25) is 9.59 Å². The van der Waals surface area contributed by atoms with E-state index in [2.05, 4.69) is 15.3 Å². The Morgan fingerprint density at radius 1 is 1.35 bits per heavy atom. The van der Waals surface area contributed by atoms with Crippen LogP contribution >= 0.6 is 0 Å². The first-order valence-corrected chi connectivity index (χ1v) is 8.15. The van der Waals surface area contributed by atoms with Gasteiger partial charge in [0.25, 0.3) is 5.91 Å². The minimum absolute atomic E-state index is 0.101. The highest BCUT2D eigenvalue weighted by molar-refractivity contribution is 5.96. The van der Waals surface area contributed by atoms with Crippen LogP contribution in [0.3, 0.4) is 0 Å². The number of rotatable bonds is 4. The van der Waals surface area contributed by atoms with Gasteiger partial charge in [-0.05, 0) is 25.8 Å². The summed E-state index contributed by atoms with van der Waals surface area (Å²) in [6.45, 7) is 2.32. The predicted molar refractivity (Wildman–Crippen MR) is 87.9 cm³/mol. The Kier molecular flexibility index (Phi) is 4.60. The number of aromatic nitrogens is 2. The van der Waals surface area contributed by atoms with Gasteiger partial charge in [-0.1, -0.05) is 19.3 Å². The molecule has 0 atom stereocenters. The quantitative estimate of drug-likeness (QED) is 0.907. The molecule has 1 aliphatic carbocycles.